The molecule has 0 saturated carbocycles. The van der Waals surface area contributed by atoms with Crippen LogP contribution < -0.4 is 0 Å². The van der Waals surface area contributed by atoms with Crippen LogP contribution >= 0.6 is 11.8 Å². The van der Waals surface area contributed by atoms with Gasteiger partial charge in [-0.25, -0.2) is 14.6 Å². The Morgan fingerprint density at radius 3 is 2.18 bits per heavy atom. The number of carboxylic acid groups (broad SMARTS) is 2. The number of hydrogen-bond donors (Lipinski definition) is 2. The third kappa shape index (κ3) is 10.6. The molecule has 232 valence electrons. The topological polar surface area (TPSA) is 139 Å². The van der Waals surface area contributed by atoms with Crippen LogP contribution in [0.4, 0.5) is 0 Å². The van der Waals surface area contributed by atoms with Gasteiger partial charge in [0.05, 0.1) is 19.3 Å². The summed E-state index contributed by atoms with van der Waals surface area (Å²) in [4.78, 5) is 25.8. The van der Waals surface area contributed by atoms with Gasteiger partial charge in [-0.1, -0.05) is 60.7 Å². The number of benzene rings is 2. The zero-order chi connectivity index (χ0) is 31.1. The fourth-order valence-corrected chi connectivity index (χ4v) is 5.50. The van der Waals surface area contributed by atoms with Gasteiger partial charge >= 0.3 is 11.9 Å². The third-order valence-corrected chi connectivity index (χ3v) is 7.93. The summed E-state index contributed by atoms with van der Waals surface area (Å²) in [5, 5.41) is 25.2. The predicted molar refractivity (Wildman–Crippen MR) is 167 cm³/mol. The Kier molecular flexibility index (Phi) is 12.9. The van der Waals surface area contributed by atoms with Gasteiger partial charge in [-0.15, -0.1) is 26.6 Å². The maximum atomic E-state index is 9.55. The number of piperidine rings is 1. The maximum absolute atomic E-state index is 9.55. The first-order chi connectivity index (χ1) is 21.4. The SMILES string of the molecule is Cc1cc2ncnn2nc1SCCOCCN1CCC(OC(c2ccccc2)c2ccccc2)CC1.O=C(O)/C=C/C(=O)O. The van der Waals surface area contributed by atoms with Crippen LogP contribution in [-0.2, 0) is 19.1 Å². The van der Waals surface area contributed by atoms with Crippen LogP contribution in [0.1, 0.15) is 35.6 Å². The Balaban J connectivity index is 0.000000488. The molecule has 2 aromatic carbocycles. The zero-order valence-electron chi connectivity index (χ0n) is 24.6. The predicted octanol–water partition coefficient (Wildman–Crippen LogP) is 4.52. The van der Waals surface area contributed by atoms with E-state index >= 15 is 0 Å². The van der Waals surface area contributed by atoms with Crippen LogP contribution in [0.25, 0.3) is 5.65 Å². The molecule has 0 atom stereocenters. The lowest BCUT2D eigenvalue weighted by molar-refractivity contribution is -0.134. The number of fused-ring (bicyclic) bond motifs is 1. The second-order valence-electron chi connectivity index (χ2n) is 10.1. The first-order valence-corrected chi connectivity index (χ1v) is 15.4. The molecule has 0 amide bonds. The normalized spacial score (nSPS) is 14.1. The number of aliphatic carboxylic acids is 2. The molecule has 0 spiro atoms. The lowest BCUT2D eigenvalue weighted by Gasteiger charge is -2.34. The highest BCUT2D eigenvalue weighted by Gasteiger charge is 2.24. The van der Waals surface area contributed by atoms with Crippen LogP contribution in [-0.4, -0.2) is 91.6 Å². The molecule has 1 fully saturated rings. The van der Waals surface area contributed by atoms with Gasteiger partial charge in [0, 0.05) is 37.5 Å². The molecular weight excluding hydrogens is 582 g/mol. The van der Waals surface area contributed by atoms with E-state index in [2.05, 4.69) is 87.7 Å². The Hall–Kier alpha value is -4.10. The van der Waals surface area contributed by atoms with E-state index < -0.39 is 11.9 Å². The lowest BCUT2D eigenvalue weighted by Crippen LogP contribution is -2.39. The average Bonchev–Trinajstić information content (AvgIpc) is 3.49. The second kappa shape index (κ2) is 17.3. The van der Waals surface area contributed by atoms with Gasteiger partial charge in [-0.3, -0.25) is 0 Å². The first kappa shape index (κ1) is 32.8. The zero-order valence-corrected chi connectivity index (χ0v) is 25.4. The summed E-state index contributed by atoms with van der Waals surface area (Å²) in [6.45, 7) is 6.55. The molecule has 3 heterocycles. The molecule has 2 aromatic heterocycles. The summed E-state index contributed by atoms with van der Waals surface area (Å²) in [7, 11) is 0. The van der Waals surface area contributed by atoms with E-state index in [9.17, 15) is 9.59 Å². The van der Waals surface area contributed by atoms with E-state index in [1.165, 1.54) is 17.5 Å². The molecule has 12 heteroatoms. The monoisotopic (exact) mass is 619 g/mol. The van der Waals surface area contributed by atoms with Crippen molar-refractivity contribution >= 4 is 29.3 Å². The highest BCUT2D eigenvalue weighted by molar-refractivity contribution is 7.99. The summed E-state index contributed by atoms with van der Waals surface area (Å²) in [6.07, 6.45) is 4.98. The van der Waals surface area contributed by atoms with Crippen molar-refractivity contribution in [3.8, 4) is 0 Å². The number of likely N-dealkylation sites (tertiary alicyclic amines) is 1. The minimum atomic E-state index is -1.26. The van der Waals surface area contributed by atoms with E-state index in [1.54, 1.807) is 16.4 Å². The molecule has 2 N–H and O–H groups in total. The number of carbonyl (C=O) groups is 2. The Bertz CT molecular complexity index is 1440. The summed E-state index contributed by atoms with van der Waals surface area (Å²) >= 11 is 1.70. The molecule has 0 bridgehead atoms. The molecule has 1 saturated heterocycles. The summed E-state index contributed by atoms with van der Waals surface area (Å²) < 4.78 is 14.2. The maximum Gasteiger partial charge on any atom is 0.328 e. The average molecular weight is 620 g/mol. The van der Waals surface area contributed by atoms with Crippen LogP contribution in [0, 0.1) is 6.92 Å². The number of hydrogen-bond acceptors (Lipinski definition) is 9. The Morgan fingerprint density at radius 1 is 0.977 bits per heavy atom. The van der Waals surface area contributed by atoms with Crippen LogP contribution in [0.3, 0.4) is 0 Å². The van der Waals surface area contributed by atoms with Gasteiger partial charge in [-0.05, 0) is 42.5 Å². The molecule has 11 nitrogen and oxygen atoms in total. The number of aryl methyl sites for hydroxylation is 1. The molecule has 4 aromatic rings. The van der Waals surface area contributed by atoms with Gasteiger partial charge in [-0.2, -0.15) is 0 Å². The van der Waals surface area contributed by atoms with Crippen molar-refractivity contribution in [2.24, 2.45) is 0 Å². The van der Waals surface area contributed by atoms with Crippen molar-refractivity contribution in [1.82, 2.24) is 24.7 Å². The summed E-state index contributed by atoms with van der Waals surface area (Å²) in [5.74, 6) is -1.65. The van der Waals surface area contributed by atoms with Crippen molar-refractivity contribution in [3.63, 3.8) is 0 Å². The molecule has 0 radical (unpaired) electrons. The molecule has 1 aliphatic rings. The van der Waals surface area contributed by atoms with Gasteiger partial charge < -0.3 is 24.6 Å². The summed E-state index contributed by atoms with van der Waals surface area (Å²) in [6, 6.07) is 23.1. The van der Waals surface area contributed by atoms with Gasteiger partial charge in [0.25, 0.3) is 0 Å². The number of aromatic nitrogens is 4. The van der Waals surface area contributed by atoms with E-state index in [4.69, 9.17) is 19.7 Å². The van der Waals surface area contributed by atoms with E-state index in [0.717, 1.165) is 61.1 Å². The molecule has 0 aliphatic carbocycles. The standard InChI is InChI=1S/C28H33N5O2S.C4H4O4/c1-22-20-26-29-21-30-33(26)31-28(22)36-19-18-34-17-16-32-14-12-25(13-15-32)35-27(23-8-4-2-5-9-23)24-10-6-3-7-11-24;5-3(6)1-2-4(7)8/h2-11,20-21,25,27H,12-19H2,1H3;1-2H,(H,5,6)(H,7,8)/b;2-1+. The van der Waals surface area contributed by atoms with Crippen LogP contribution in [0.15, 0.2) is 90.2 Å². The fraction of sp³-hybridized carbons (Fsp3) is 0.344. The van der Waals surface area contributed by atoms with E-state index in [0.29, 0.717) is 18.8 Å². The summed E-state index contributed by atoms with van der Waals surface area (Å²) in [5.41, 5.74) is 4.32. The number of ether oxygens (including phenoxy) is 2. The molecule has 5 rings (SSSR count). The van der Waals surface area contributed by atoms with Crippen molar-refractivity contribution in [3.05, 3.63) is 102 Å². The number of carboxylic acids is 2. The van der Waals surface area contributed by atoms with E-state index in [-0.39, 0.29) is 12.2 Å². The molecule has 44 heavy (non-hydrogen) atoms. The minimum absolute atomic E-state index is 0.0202. The van der Waals surface area contributed by atoms with Crippen molar-refractivity contribution in [1.29, 1.82) is 0 Å². The third-order valence-electron chi connectivity index (χ3n) is 6.88. The van der Waals surface area contributed by atoms with Crippen LogP contribution in [0.2, 0.25) is 0 Å². The molecule has 0 unspecified atom stereocenters. The first-order valence-electron chi connectivity index (χ1n) is 14.4. The quantitative estimate of drug-likeness (QED) is 0.124. The highest BCUT2D eigenvalue weighted by atomic mass is 32.2. The molecule has 1 aliphatic heterocycles. The number of thioether (sulfide) groups is 1. The van der Waals surface area contributed by atoms with E-state index in [1.807, 2.05) is 6.07 Å². The lowest BCUT2D eigenvalue weighted by atomic mass is 10.00. The Labute approximate surface area is 260 Å². The number of rotatable bonds is 13. The number of nitrogens with zero attached hydrogens (tertiary/aromatic N) is 5. The van der Waals surface area contributed by atoms with Gasteiger partial charge in [0.2, 0.25) is 0 Å². The van der Waals surface area contributed by atoms with Crippen molar-refractivity contribution in [2.75, 3.05) is 38.6 Å². The van der Waals surface area contributed by atoms with Gasteiger partial charge in [0.1, 0.15) is 17.5 Å². The van der Waals surface area contributed by atoms with Crippen molar-refractivity contribution < 1.29 is 29.3 Å². The highest BCUT2D eigenvalue weighted by Crippen LogP contribution is 2.30. The largest absolute Gasteiger partial charge is 0.478 e. The van der Waals surface area contributed by atoms with Crippen LogP contribution in [0.5, 0.6) is 0 Å². The van der Waals surface area contributed by atoms with Crippen molar-refractivity contribution in [2.45, 2.75) is 37.0 Å². The van der Waals surface area contributed by atoms with Gasteiger partial charge in [0.15, 0.2) is 5.65 Å². The second-order valence-corrected chi connectivity index (χ2v) is 11.2. The molecular formula is C32H37N5O6S. The Morgan fingerprint density at radius 2 is 1.59 bits per heavy atom. The smallest absolute Gasteiger partial charge is 0.328 e. The minimum Gasteiger partial charge on any atom is -0.478 e. The fourth-order valence-electron chi connectivity index (χ4n) is 4.68.